The van der Waals surface area contributed by atoms with E-state index in [1.165, 1.54) is 0 Å². The molecule has 0 bridgehead atoms. The van der Waals surface area contributed by atoms with Crippen LogP contribution in [0.2, 0.25) is 0 Å². The molecule has 6 heteroatoms. The van der Waals surface area contributed by atoms with E-state index in [1.54, 1.807) is 42.7 Å². The Kier molecular flexibility index (Phi) is 5.63. The van der Waals surface area contributed by atoms with Crippen molar-refractivity contribution >= 4 is 12.0 Å². The van der Waals surface area contributed by atoms with E-state index in [0.29, 0.717) is 24.4 Å². The molecule has 1 aromatic carbocycles. The van der Waals surface area contributed by atoms with Gasteiger partial charge in [0.05, 0.1) is 12.8 Å². The molecule has 0 aliphatic rings. The third-order valence-corrected chi connectivity index (χ3v) is 3.06. The highest BCUT2D eigenvalue weighted by Crippen LogP contribution is 2.08. The molecule has 0 fully saturated rings. The average molecular weight is 330 g/mol. The van der Waals surface area contributed by atoms with Crippen LogP contribution in [-0.2, 0) is 17.8 Å². The van der Waals surface area contributed by atoms with Crippen LogP contribution in [0.15, 0.2) is 47.1 Å². The Balaban J connectivity index is 1.81. The molecule has 0 aliphatic carbocycles. The lowest BCUT2D eigenvalue weighted by Gasteiger charge is -2.19. The summed E-state index contributed by atoms with van der Waals surface area (Å²) in [4.78, 5) is 23.6. The molecule has 24 heavy (non-hydrogen) atoms. The monoisotopic (exact) mass is 330 g/mol. The van der Waals surface area contributed by atoms with Crippen molar-refractivity contribution in [3.63, 3.8) is 0 Å². The number of carbonyl (C=O) groups is 2. The topological polar surface area (TPSA) is 80.6 Å². The van der Waals surface area contributed by atoms with Gasteiger partial charge in [-0.3, -0.25) is 4.79 Å². The summed E-state index contributed by atoms with van der Waals surface area (Å²) in [7, 11) is 0. The van der Waals surface area contributed by atoms with Crippen molar-refractivity contribution in [1.29, 1.82) is 0 Å². The highest BCUT2D eigenvalue weighted by molar-refractivity contribution is 5.94. The fraction of sp³-hybridized carbons (Fsp3) is 0.333. The lowest BCUT2D eigenvalue weighted by Crippen LogP contribution is -2.32. The normalized spacial score (nSPS) is 11.0. The molecular formula is C18H22N2O4. The predicted molar refractivity (Wildman–Crippen MR) is 89.4 cm³/mol. The van der Waals surface area contributed by atoms with Crippen LogP contribution in [0.3, 0.4) is 0 Å². The second-order valence-electron chi connectivity index (χ2n) is 6.31. The molecule has 0 aliphatic heterocycles. The van der Waals surface area contributed by atoms with Gasteiger partial charge in [0, 0.05) is 12.1 Å². The molecule has 6 nitrogen and oxygen atoms in total. The van der Waals surface area contributed by atoms with Crippen molar-refractivity contribution in [3.8, 4) is 0 Å². The van der Waals surface area contributed by atoms with Crippen molar-refractivity contribution in [1.82, 2.24) is 10.6 Å². The summed E-state index contributed by atoms with van der Waals surface area (Å²) in [5.74, 6) is 0.514. The first kappa shape index (κ1) is 17.6. The highest BCUT2D eigenvalue weighted by Gasteiger charge is 2.15. The van der Waals surface area contributed by atoms with E-state index >= 15 is 0 Å². The van der Waals surface area contributed by atoms with Gasteiger partial charge in [0.15, 0.2) is 0 Å². The fourth-order valence-corrected chi connectivity index (χ4v) is 1.95. The van der Waals surface area contributed by atoms with E-state index in [9.17, 15) is 9.59 Å². The second kappa shape index (κ2) is 7.68. The Morgan fingerprint density at radius 2 is 1.75 bits per heavy atom. The number of ether oxygens (including phenoxy) is 1. The quantitative estimate of drug-likeness (QED) is 0.882. The second-order valence-corrected chi connectivity index (χ2v) is 6.31. The molecule has 2 aromatic rings. The number of benzene rings is 1. The SMILES string of the molecule is CC(C)(C)OC(=O)NCc1ccc(C(=O)NCc2ccco2)cc1. The molecule has 0 unspecified atom stereocenters. The van der Waals surface area contributed by atoms with Gasteiger partial charge in [0.25, 0.3) is 5.91 Å². The molecule has 2 rings (SSSR count). The van der Waals surface area contributed by atoms with Crippen LogP contribution < -0.4 is 10.6 Å². The molecule has 0 saturated carbocycles. The average Bonchev–Trinajstić information content (AvgIpc) is 3.03. The highest BCUT2D eigenvalue weighted by atomic mass is 16.6. The zero-order valence-corrected chi connectivity index (χ0v) is 14.1. The lowest BCUT2D eigenvalue weighted by atomic mass is 10.1. The first-order valence-electron chi connectivity index (χ1n) is 7.70. The standard InChI is InChI=1S/C18H22N2O4/c1-18(2,3)24-17(22)20-11-13-6-8-14(9-7-13)16(21)19-12-15-5-4-10-23-15/h4-10H,11-12H2,1-3H3,(H,19,21)(H,20,22). The lowest BCUT2D eigenvalue weighted by molar-refractivity contribution is 0.0523. The minimum atomic E-state index is -0.528. The van der Waals surface area contributed by atoms with Crippen molar-refractivity contribution in [2.24, 2.45) is 0 Å². The third kappa shape index (κ3) is 5.79. The zero-order valence-electron chi connectivity index (χ0n) is 14.1. The Morgan fingerprint density at radius 1 is 1.04 bits per heavy atom. The number of nitrogens with one attached hydrogen (secondary N) is 2. The fourth-order valence-electron chi connectivity index (χ4n) is 1.95. The number of amides is 2. The van der Waals surface area contributed by atoms with Gasteiger partial charge in [-0.25, -0.2) is 4.79 Å². The molecule has 2 N–H and O–H groups in total. The maximum atomic E-state index is 12.0. The Morgan fingerprint density at radius 3 is 2.33 bits per heavy atom. The molecular weight excluding hydrogens is 308 g/mol. The summed E-state index contributed by atoms with van der Waals surface area (Å²) in [5, 5.41) is 5.45. The molecule has 1 aromatic heterocycles. The molecule has 1 heterocycles. The molecule has 2 amide bonds. The van der Waals surface area contributed by atoms with Gasteiger partial charge in [-0.1, -0.05) is 12.1 Å². The van der Waals surface area contributed by atoms with Crippen molar-refractivity contribution in [2.45, 2.75) is 39.5 Å². The van der Waals surface area contributed by atoms with Crippen LogP contribution >= 0.6 is 0 Å². The van der Waals surface area contributed by atoms with E-state index in [4.69, 9.17) is 9.15 Å². The Bertz CT molecular complexity index is 670. The van der Waals surface area contributed by atoms with Crippen LogP contribution in [-0.4, -0.2) is 17.6 Å². The number of hydrogen-bond acceptors (Lipinski definition) is 4. The van der Waals surface area contributed by atoms with Gasteiger partial charge in [0.2, 0.25) is 0 Å². The maximum absolute atomic E-state index is 12.0. The van der Waals surface area contributed by atoms with E-state index in [2.05, 4.69) is 10.6 Å². The van der Waals surface area contributed by atoms with Gasteiger partial charge in [-0.2, -0.15) is 0 Å². The first-order chi connectivity index (χ1) is 11.3. The predicted octanol–water partition coefficient (Wildman–Crippen LogP) is 3.23. The van der Waals surface area contributed by atoms with Crippen LogP contribution in [0.5, 0.6) is 0 Å². The van der Waals surface area contributed by atoms with Crippen LogP contribution in [0, 0.1) is 0 Å². The van der Waals surface area contributed by atoms with Crippen LogP contribution in [0.4, 0.5) is 4.79 Å². The summed E-state index contributed by atoms with van der Waals surface area (Å²) < 4.78 is 10.3. The summed E-state index contributed by atoms with van der Waals surface area (Å²) in [6, 6.07) is 10.6. The van der Waals surface area contributed by atoms with E-state index in [1.807, 2.05) is 20.8 Å². The summed E-state index contributed by atoms with van der Waals surface area (Å²) in [5.41, 5.74) is 0.894. The number of hydrogen-bond donors (Lipinski definition) is 2. The van der Waals surface area contributed by atoms with E-state index < -0.39 is 11.7 Å². The smallest absolute Gasteiger partial charge is 0.407 e. The van der Waals surface area contributed by atoms with Crippen molar-refractivity contribution in [3.05, 3.63) is 59.5 Å². The summed E-state index contributed by atoms with van der Waals surface area (Å²) >= 11 is 0. The van der Waals surface area contributed by atoms with Gasteiger partial charge in [-0.15, -0.1) is 0 Å². The number of furan rings is 1. The van der Waals surface area contributed by atoms with Gasteiger partial charge in [-0.05, 0) is 50.6 Å². The van der Waals surface area contributed by atoms with Crippen molar-refractivity contribution < 1.29 is 18.7 Å². The Labute approximate surface area is 141 Å². The summed E-state index contributed by atoms with van der Waals surface area (Å²) in [6.07, 6.45) is 1.09. The van der Waals surface area contributed by atoms with Gasteiger partial charge in [0.1, 0.15) is 11.4 Å². The van der Waals surface area contributed by atoms with E-state index in [-0.39, 0.29) is 5.91 Å². The van der Waals surface area contributed by atoms with Crippen LogP contribution in [0.25, 0.3) is 0 Å². The van der Waals surface area contributed by atoms with Gasteiger partial charge >= 0.3 is 6.09 Å². The maximum Gasteiger partial charge on any atom is 0.407 e. The third-order valence-electron chi connectivity index (χ3n) is 3.06. The van der Waals surface area contributed by atoms with Crippen molar-refractivity contribution in [2.75, 3.05) is 0 Å². The first-order valence-corrected chi connectivity index (χ1v) is 7.70. The number of alkyl carbamates (subject to hydrolysis) is 1. The minimum absolute atomic E-state index is 0.182. The molecule has 0 saturated heterocycles. The number of rotatable bonds is 5. The van der Waals surface area contributed by atoms with E-state index in [0.717, 1.165) is 5.56 Å². The van der Waals surface area contributed by atoms with Crippen LogP contribution in [0.1, 0.15) is 42.5 Å². The molecule has 128 valence electrons. The minimum Gasteiger partial charge on any atom is -0.467 e. The molecule has 0 spiro atoms. The number of carbonyl (C=O) groups excluding carboxylic acids is 2. The largest absolute Gasteiger partial charge is 0.467 e. The molecule has 0 atom stereocenters. The Hall–Kier alpha value is -2.76. The molecule has 0 radical (unpaired) electrons. The zero-order chi connectivity index (χ0) is 17.6. The van der Waals surface area contributed by atoms with Gasteiger partial charge < -0.3 is 19.8 Å². The summed E-state index contributed by atoms with van der Waals surface area (Å²) in [6.45, 7) is 6.10.